The summed E-state index contributed by atoms with van der Waals surface area (Å²) < 4.78 is 27.4. The third-order valence-electron chi connectivity index (χ3n) is 3.32. The number of rotatable bonds is 6. The molecule has 1 aliphatic rings. The quantitative estimate of drug-likeness (QED) is 0.759. The molecule has 0 spiro atoms. The fraction of sp³-hybridized carbons (Fsp3) is 1.00. The molecule has 0 bridgehead atoms. The molecule has 1 fully saturated rings. The molecule has 1 aliphatic heterocycles. The Hall–Kier alpha value is -0.170. The first-order valence-corrected chi connectivity index (χ1v) is 7.78. The second-order valence-corrected chi connectivity index (χ2v) is 6.76. The SMILES string of the molecule is CCCN(C)S(=O)(=O)N1CCC(CNC)CC1. The van der Waals surface area contributed by atoms with Crippen molar-refractivity contribution in [3.05, 3.63) is 0 Å². The van der Waals surface area contributed by atoms with Gasteiger partial charge in [0, 0.05) is 26.7 Å². The summed E-state index contributed by atoms with van der Waals surface area (Å²) in [5, 5.41) is 3.16. The van der Waals surface area contributed by atoms with Gasteiger partial charge in [0.25, 0.3) is 10.2 Å². The van der Waals surface area contributed by atoms with Crippen molar-refractivity contribution in [2.24, 2.45) is 5.92 Å². The second-order valence-electron chi connectivity index (χ2n) is 4.73. The molecule has 5 nitrogen and oxygen atoms in total. The van der Waals surface area contributed by atoms with Crippen LogP contribution >= 0.6 is 0 Å². The van der Waals surface area contributed by atoms with Gasteiger partial charge in [0.1, 0.15) is 0 Å². The van der Waals surface area contributed by atoms with Crippen LogP contribution in [0, 0.1) is 5.92 Å². The van der Waals surface area contributed by atoms with Crippen molar-refractivity contribution in [1.29, 1.82) is 0 Å². The van der Waals surface area contributed by atoms with E-state index in [1.54, 1.807) is 11.4 Å². The van der Waals surface area contributed by atoms with Crippen LogP contribution in [0.3, 0.4) is 0 Å². The maximum atomic E-state index is 12.2. The first kappa shape index (κ1) is 14.9. The minimum Gasteiger partial charge on any atom is -0.319 e. The molecule has 1 heterocycles. The summed E-state index contributed by atoms with van der Waals surface area (Å²) in [5.74, 6) is 0.614. The Morgan fingerprint density at radius 3 is 2.41 bits per heavy atom. The summed E-state index contributed by atoms with van der Waals surface area (Å²) in [6.07, 6.45) is 2.77. The van der Waals surface area contributed by atoms with Crippen LogP contribution < -0.4 is 5.32 Å². The number of hydrogen-bond donors (Lipinski definition) is 1. The van der Waals surface area contributed by atoms with E-state index in [9.17, 15) is 8.42 Å². The highest BCUT2D eigenvalue weighted by Gasteiger charge is 2.30. The van der Waals surface area contributed by atoms with E-state index < -0.39 is 10.2 Å². The van der Waals surface area contributed by atoms with Crippen molar-refractivity contribution in [3.8, 4) is 0 Å². The molecule has 0 radical (unpaired) electrons. The van der Waals surface area contributed by atoms with Crippen LogP contribution in [0.5, 0.6) is 0 Å². The van der Waals surface area contributed by atoms with Crippen LogP contribution in [0.4, 0.5) is 0 Å². The molecule has 17 heavy (non-hydrogen) atoms. The van der Waals surface area contributed by atoms with Crippen LogP contribution in [0.2, 0.25) is 0 Å². The molecule has 102 valence electrons. The van der Waals surface area contributed by atoms with Gasteiger partial charge in [-0.05, 0) is 38.8 Å². The Kier molecular flexibility index (Phi) is 5.85. The standard InChI is InChI=1S/C11H25N3O2S/c1-4-7-13(3)17(15,16)14-8-5-11(6-9-14)10-12-2/h11-12H,4-10H2,1-3H3. The fourth-order valence-corrected chi connectivity index (χ4v) is 3.74. The summed E-state index contributed by atoms with van der Waals surface area (Å²) in [6, 6.07) is 0. The van der Waals surface area contributed by atoms with Crippen LogP contribution in [-0.2, 0) is 10.2 Å². The van der Waals surface area contributed by atoms with Gasteiger partial charge in [-0.2, -0.15) is 17.0 Å². The van der Waals surface area contributed by atoms with E-state index in [1.165, 1.54) is 4.31 Å². The normalized spacial score (nSPS) is 20.0. The van der Waals surface area contributed by atoms with Gasteiger partial charge >= 0.3 is 0 Å². The predicted molar refractivity (Wildman–Crippen MR) is 70.1 cm³/mol. The van der Waals surface area contributed by atoms with Crippen molar-refractivity contribution in [1.82, 2.24) is 13.9 Å². The Morgan fingerprint density at radius 1 is 1.35 bits per heavy atom. The molecule has 0 atom stereocenters. The molecule has 0 saturated carbocycles. The van der Waals surface area contributed by atoms with Crippen molar-refractivity contribution < 1.29 is 8.42 Å². The zero-order valence-electron chi connectivity index (χ0n) is 11.1. The Bertz CT molecular complexity index is 311. The molecular formula is C11H25N3O2S. The molecule has 0 aliphatic carbocycles. The zero-order chi connectivity index (χ0) is 12.9. The van der Waals surface area contributed by atoms with Crippen LogP contribution in [0.1, 0.15) is 26.2 Å². The first-order valence-electron chi connectivity index (χ1n) is 6.38. The lowest BCUT2D eigenvalue weighted by Gasteiger charge is -2.33. The van der Waals surface area contributed by atoms with Gasteiger partial charge < -0.3 is 5.32 Å². The number of piperidine rings is 1. The van der Waals surface area contributed by atoms with Crippen LogP contribution in [-0.4, -0.2) is 57.3 Å². The lowest BCUT2D eigenvalue weighted by Crippen LogP contribution is -2.46. The van der Waals surface area contributed by atoms with Gasteiger partial charge in [-0.25, -0.2) is 0 Å². The maximum Gasteiger partial charge on any atom is 0.281 e. The molecule has 6 heteroatoms. The Morgan fingerprint density at radius 2 is 1.94 bits per heavy atom. The molecule has 0 aromatic heterocycles. The van der Waals surface area contributed by atoms with Crippen LogP contribution in [0.15, 0.2) is 0 Å². The minimum atomic E-state index is -3.22. The summed E-state index contributed by atoms with van der Waals surface area (Å²) in [7, 11) is 0.392. The molecule has 0 unspecified atom stereocenters. The molecular weight excluding hydrogens is 238 g/mol. The molecule has 1 N–H and O–H groups in total. The summed E-state index contributed by atoms with van der Waals surface area (Å²) >= 11 is 0. The Balaban J connectivity index is 2.52. The van der Waals surface area contributed by atoms with Crippen molar-refractivity contribution in [3.63, 3.8) is 0 Å². The minimum absolute atomic E-state index is 0.596. The van der Waals surface area contributed by atoms with E-state index in [-0.39, 0.29) is 0 Å². The second kappa shape index (κ2) is 6.68. The highest BCUT2D eigenvalue weighted by Crippen LogP contribution is 2.20. The lowest BCUT2D eigenvalue weighted by molar-refractivity contribution is 0.256. The highest BCUT2D eigenvalue weighted by atomic mass is 32.2. The molecule has 0 aromatic carbocycles. The van der Waals surface area contributed by atoms with Gasteiger partial charge in [-0.3, -0.25) is 0 Å². The smallest absolute Gasteiger partial charge is 0.281 e. The van der Waals surface area contributed by atoms with Crippen molar-refractivity contribution in [2.45, 2.75) is 26.2 Å². The maximum absolute atomic E-state index is 12.2. The zero-order valence-corrected chi connectivity index (χ0v) is 12.0. The summed E-state index contributed by atoms with van der Waals surface area (Å²) in [4.78, 5) is 0. The van der Waals surface area contributed by atoms with Gasteiger partial charge in [0.15, 0.2) is 0 Å². The van der Waals surface area contributed by atoms with E-state index >= 15 is 0 Å². The monoisotopic (exact) mass is 263 g/mol. The third-order valence-corrected chi connectivity index (χ3v) is 5.31. The Labute approximate surface area is 105 Å². The number of nitrogens with one attached hydrogen (secondary N) is 1. The summed E-state index contributed by atoms with van der Waals surface area (Å²) in [6.45, 7) is 4.88. The third kappa shape index (κ3) is 3.91. The van der Waals surface area contributed by atoms with Gasteiger partial charge in [-0.1, -0.05) is 6.92 Å². The summed E-state index contributed by atoms with van der Waals surface area (Å²) in [5.41, 5.74) is 0. The van der Waals surface area contributed by atoms with E-state index in [4.69, 9.17) is 0 Å². The number of nitrogens with zero attached hydrogens (tertiary/aromatic N) is 2. The molecule has 0 aromatic rings. The first-order chi connectivity index (χ1) is 8.02. The topological polar surface area (TPSA) is 52.7 Å². The van der Waals surface area contributed by atoms with E-state index in [0.717, 1.165) is 25.8 Å². The van der Waals surface area contributed by atoms with Crippen molar-refractivity contribution >= 4 is 10.2 Å². The van der Waals surface area contributed by atoms with Crippen LogP contribution in [0.25, 0.3) is 0 Å². The van der Waals surface area contributed by atoms with Gasteiger partial charge in [0.05, 0.1) is 0 Å². The van der Waals surface area contributed by atoms with E-state index in [1.807, 2.05) is 14.0 Å². The largest absolute Gasteiger partial charge is 0.319 e. The average molecular weight is 263 g/mol. The molecule has 1 saturated heterocycles. The van der Waals surface area contributed by atoms with E-state index in [2.05, 4.69) is 5.32 Å². The number of hydrogen-bond acceptors (Lipinski definition) is 3. The fourth-order valence-electron chi connectivity index (χ4n) is 2.26. The van der Waals surface area contributed by atoms with Gasteiger partial charge in [0.2, 0.25) is 0 Å². The lowest BCUT2D eigenvalue weighted by atomic mass is 9.98. The van der Waals surface area contributed by atoms with Crippen molar-refractivity contribution in [2.75, 3.05) is 40.3 Å². The highest BCUT2D eigenvalue weighted by molar-refractivity contribution is 7.86. The molecule has 0 amide bonds. The average Bonchev–Trinajstić information content (AvgIpc) is 2.30. The van der Waals surface area contributed by atoms with E-state index in [0.29, 0.717) is 25.6 Å². The van der Waals surface area contributed by atoms with Gasteiger partial charge in [-0.15, -0.1) is 0 Å². The predicted octanol–water partition coefficient (Wildman–Crippen LogP) is 0.504. The molecule has 1 rings (SSSR count).